The normalized spacial score (nSPS) is 17.9. The second kappa shape index (κ2) is 9.00. The van der Waals surface area contributed by atoms with Gasteiger partial charge in [-0.05, 0) is 67.1 Å². The van der Waals surface area contributed by atoms with Crippen LogP contribution in [0.2, 0.25) is 0 Å². The Labute approximate surface area is 179 Å². The van der Waals surface area contributed by atoms with Gasteiger partial charge in [0.05, 0.1) is 0 Å². The van der Waals surface area contributed by atoms with Gasteiger partial charge in [0.15, 0.2) is 0 Å². The minimum Gasteiger partial charge on any atom is -0.344 e. The summed E-state index contributed by atoms with van der Waals surface area (Å²) in [6.07, 6.45) is 4.80. The van der Waals surface area contributed by atoms with E-state index in [2.05, 4.69) is 53.7 Å². The zero-order valence-electron chi connectivity index (χ0n) is 18.0. The van der Waals surface area contributed by atoms with Gasteiger partial charge in [0.2, 0.25) is 11.8 Å². The van der Waals surface area contributed by atoms with Crippen LogP contribution in [-0.4, -0.2) is 48.3 Å². The van der Waals surface area contributed by atoms with Crippen molar-refractivity contribution in [2.75, 3.05) is 26.0 Å². The van der Waals surface area contributed by atoms with Crippen molar-refractivity contribution in [3.8, 4) is 0 Å². The summed E-state index contributed by atoms with van der Waals surface area (Å²) in [5, 5.41) is 2.95. The molecule has 2 amide bonds. The van der Waals surface area contributed by atoms with Gasteiger partial charge in [-0.25, -0.2) is 0 Å². The van der Waals surface area contributed by atoms with Gasteiger partial charge in [0.25, 0.3) is 0 Å². The van der Waals surface area contributed by atoms with E-state index in [9.17, 15) is 9.59 Å². The van der Waals surface area contributed by atoms with E-state index in [-0.39, 0.29) is 24.7 Å². The van der Waals surface area contributed by atoms with Crippen LogP contribution in [0.4, 0.5) is 5.69 Å². The summed E-state index contributed by atoms with van der Waals surface area (Å²) in [6, 6.07) is 15.0. The number of amides is 2. The Balaban J connectivity index is 1.25. The van der Waals surface area contributed by atoms with Crippen LogP contribution in [0.15, 0.2) is 42.5 Å². The van der Waals surface area contributed by atoms with Gasteiger partial charge >= 0.3 is 0 Å². The first-order valence-electron chi connectivity index (χ1n) is 10.9. The van der Waals surface area contributed by atoms with Crippen molar-refractivity contribution < 1.29 is 9.59 Å². The molecule has 2 aromatic carbocycles. The maximum absolute atomic E-state index is 12.6. The Morgan fingerprint density at radius 3 is 2.63 bits per heavy atom. The number of nitrogens with zero attached hydrogens (tertiary/aromatic N) is 2. The molecule has 0 spiro atoms. The van der Waals surface area contributed by atoms with Gasteiger partial charge in [-0.3, -0.25) is 14.5 Å². The summed E-state index contributed by atoms with van der Waals surface area (Å²) in [7, 11) is 3.96. The molecule has 2 aliphatic rings. The number of likely N-dealkylation sites (N-methyl/N-ethyl adjacent to an activating group) is 2. The van der Waals surface area contributed by atoms with E-state index in [4.69, 9.17) is 0 Å². The van der Waals surface area contributed by atoms with E-state index < -0.39 is 0 Å². The number of hydrogen-bond acceptors (Lipinski definition) is 3. The maximum Gasteiger partial charge on any atom is 0.224 e. The molecule has 0 fully saturated rings. The Kier molecular flexibility index (Phi) is 6.18. The van der Waals surface area contributed by atoms with Crippen molar-refractivity contribution >= 4 is 17.5 Å². The average Bonchev–Trinajstić information content (AvgIpc) is 3.20. The number of fused-ring (bicyclic) bond motifs is 2. The first-order valence-corrected chi connectivity index (χ1v) is 10.9. The third-order valence-corrected chi connectivity index (χ3v) is 6.48. The smallest absolute Gasteiger partial charge is 0.224 e. The zero-order chi connectivity index (χ0) is 21.1. The van der Waals surface area contributed by atoms with Gasteiger partial charge in [-0.2, -0.15) is 0 Å². The molecule has 0 bridgehead atoms. The van der Waals surface area contributed by atoms with Crippen LogP contribution in [-0.2, 0) is 35.4 Å². The molecule has 30 heavy (non-hydrogen) atoms. The van der Waals surface area contributed by atoms with Crippen LogP contribution < -0.4 is 5.32 Å². The minimum atomic E-state index is -0.0987. The van der Waals surface area contributed by atoms with Gasteiger partial charge in [0.1, 0.15) is 0 Å². The lowest BCUT2D eigenvalue weighted by molar-refractivity contribution is -0.132. The number of aryl methyl sites for hydroxylation is 2. The van der Waals surface area contributed by atoms with Crippen molar-refractivity contribution in [3.63, 3.8) is 0 Å². The molecule has 0 radical (unpaired) electrons. The van der Waals surface area contributed by atoms with Crippen LogP contribution in [0, 0.1) is 0 Å². The van der Waals surface area contributed by atoms with Crippen molar-refractivity contribution in [1.29, 1.82) is 0 Å². The minimum absolute atomic E-state index is 0.0198. The van der Waals surface area contributed by atoms with Crippen molar-refractivity contribution in [1.82, 2.24) is 9.80 Å². The zero-order valence-corrected chi connectivity index (χ0v) is 18.0. The van der Waals surface area contributed by atoms with Gasteiger partial charge in [-0.15, -0.1) is 0 Å². The lowest BCUT2D eigenvalue weighted by Crippen LogP contribution is -2.46. The second-order valence-corrected chi connectivity index (χ2v) is 8.70. The molecular weight excluding hydrogens is 374 g/mol. The highest BCUT2D eigenvalue weighted by Gasteiger charge is 2.25. The molecule has 1 N–H and O–H groups in total. The monoisotopic (exact) mass is 405 g/mol. The van der Waals surface area contributed by atoms with Gasteiger partial charge in [0, 0.05) is 44.7 Å². The fourth-order valence-electron chi connectivity index (χ4n) is 4.62. The Hall–Kier alpha value is -2.66. The van der Waals surface area contributed by atoms with Gasteiger partial charge < -0.3 is 10.2 Å². The highest BCUT2D eigenvalue weighted by atomic mass is 16.2. The van der Waals surface area contributed by atoms with Gasteiger partial charge in [-0.1, -0.05) is 30.3 Å². The largest absolute Gasteiger partial charge is 0.344 e. The molecule has 0 saturated carbocycles. The van der Waals surface area contributed by atoms with E-state index >= 15 is 0 Å². The number of carbonyl (C=O) groups excluding carboxylic acids is 2. The number of rotatable bonds is 6. The van der Waals surface area contributed by atoms with Crippen LogP contribution in [0.25, 0.3) is 0 Å². The maximum atomic E-state index is 12.6. The summed E-state index contributed by atoms with van der Waals surface area (Å²) in [5.41, 5.74) is 6.30. The van der Waals surface area contributed by atoms with Crippen molar-refractivity contribution in [2.24, 2.45) is 0 Å². The van der Waals surface area contributed by atoms with Crippen LogP contribution in [0.5, 0.6) is 0 Å². The first kappa shape index (κ1) is 20.6. The summed E-state index contributed by atoms with van der Waals surface area (Å²) in [6.45, 7) is 1.59. The highest BCUT2D eigenvalue weighted by molar-refractivity contribution is 5.93. The molecule has 2 aromatic rings. The molecular formula is C25H31N3O2. The Morgan fingerprint density at radius 1 is 1.03 bits per heavy atom. The third kappa shape index (κ3) is 4.73. The predicted octanol–water partition coefficient (Wildman–Crippen LogP) is 3.41. The molecule has 1 heterocycles. The Bertz CT molecular complexity index is 940. The molecule has 1 unspecified atom stereocenters. The molecule has 1 aliphatic heterocycles. The predicted molar refractivity (Wildman–Crippen MR) is 119 cm³/mol. The van der Waals surface area contributed by atoms with Crippen LogP contribution in [0.3, 0.4) is 0 Å². The second-order valence-electron chi connectivity index (χ2n) is 8.70. The highest BCUT2D eigenvalue weighted by Crippen LogP contribution is 2.25. The van der Waals surface area contributed by atoms with Crippen LogP contribution >= 0.6 is 0 Å². The molecule has 5 nitrogen and oxygen atoms in total. The van der Waals surface area contributed by atoms with Crippen LogP contribution in [0.1, 0.15) is 41.5 Å². The number of hydrogen-bond donors (Lipinski definition) is 1. The molecule has 5 heteroatoms. The van der Waals surface area contributed by atoms with E-state index in [1.54, 1.807) is 4.90 Å². The van der Waals surface area contributed by atoms with E-state index in [1.807, 2.05) is 13.1 Å². The topological polar surface area (TPSA) is 52.7 Å². The summed E-state index contributed by atoms with van der Waals surface area (Å²) in [5.74, 6) is -0.0789. The number of nitrogens with one attached hydrogen (secondary N) is 1. The lowest BCUT2D eigenvalue weighted by atomic mass is 9.94. The average molecular weight is 406 g/mol. The number of anilines is 1. The molecule has 1 aliphatic carbocycles. The van der Waals surface area contributed by atoms with Crippen molar-refractivity contribution in [3.05, 3.63) is 64.7 Å². The van der Waals surface area contributed by atoms with E-state index in [0.717, 1.165) is 31.5 Å². The standard InChI is InChI=1S/C25H31N3O2/c1-27-16-21-7-4-3-6-20(21)15-23(27)17-28(2)25(30)13-12-24(29)26-22-11-10-18-8-5-9-19(18)14-22/h3-4,6-7,10-11,14,23H,5,8-9,12-13,15-17H2,1-2H3,(H,26,29). The molecule has 1 atom stereocenters. The molecule has 158 valence electrons. The SMILES string of the molecule is CN(CC1Cc2ccccc2CN1C)C(=O)CCC(=O)Nc1ccc2c(c1)CCC2. The Morgan fingerprint density at radius 2 is 1.80 bits per heavy atom. The number of carbonyl (C=O) groups is 2. The van der Waals surface area contributed by atoms with E-state index in [0.29, 0.717) is 12.6 Å². The molecule has 0 saturated heterocycles. The quantitative estimate of drug-likeness (QED) is 0.801. The third-order valence-electron chi connectivity index (χ3n) is 6.48. The summed E-state index contributed by atoms with van der Waals surface area (Å²) in [4.78, 5) is 29.0. The fraction of sp³-hybridized carbons (Fsp3) is 0.440. The van der Waals surface area contributed by atoms with E-state index in [1.165, 1.54) is 28.7 Å². The molecule has 0 aromatic heterocycles. The fourth-order valence-corrected chi connectivity index (χ4v) is 4.62. The van der Waals surface area contributed by atoms with Crippen molar-refractivity contribution in [2.45, 2.75) is 51.1 Å². The number of benzene rings is 2. The summed E-state index contributed by atoms with van der Waals surface area (Å²) >= 11 is 0. The first-order chi connectivity index (χ1) is 14.5. The lowest BCUT2D eigenvalue weighted by Gasteiger charge is -2.36. The molecule has 4 rings (SSSR count). The summed E-state index contributed by atoms with van der Waals surface area (Å²) < 4.78 is 0.